The third-order valence-corrected chi connectivity index (χ3v) is 5.87. The minimum absolute atomic E-state index is 0.00943. The lowest BCUT2D eigenvalue weighted by molar-refractivity contribution is -0.122. The maximum atomic E-state index is 13.5. The Morgan fingerprint density at radius 2 is 1.69 bits per heavy atom. The van der Waals surface area contributed by atoms with E-state index in [0.717, 1.165) is 16.5 Å². The Labute approximate surface area is 188 Å². The van der Waals surface area contributed by atoms with Gasteiger partial charge in [-0.05, 0) is 17.7 Å². The summed E-state index contributed by atoms with van der Waals surface area (Å²) in [5.41, 5.74) is 2.93. The summed E-state index contributed by atoms with van der Waals surface area (Å²) in [4.78, 5) is 29.5. The third-order valence-electron chi connectivity index (χ3n) is 5.87. The summed E-state index contributed by atoms with van der Waals surface area (Å²) in [6, 6.07) is 20.3. The van der Waals surface area contributed by atoms with Gasteiger partial charge >= 0.3 is 0 Å². The number of methoxy groups -OCH3 is 1. The van der Waals surface area contributed by atoms with Crippen molar-refractivity contribution in [3.8, 4) is 0 Å². The molecule has 7 nitrogen and oxygen atoms in total. The number of rotatable bonds is 8. The summed E-state index contributed by atoms with van der Waals surface area (Å²) < 4.78 is 7.07. The Hall–Kier alpha value is -3.16. The fraction of sp³-hybridized carbons (Fsp3) is 0.360. The Morgan fingerprint density at radius 1 is 0.969 bits per heavy atom. The van der Waals surface area contributed by atoms with Crippen molar-refractivity contribution in [3.05, 3.63) is 71.9 Å². The molecule has 0 bridgehead atoms. The Kier molecular flexibility index (Phi) is 7.19. The van der Waals surface area contributed by atoms with Gasteiger partial charge in [0.25, 0.3) is 5.91 Å². The van der Waals surface area contributed by atoms with Gasteiger partial charge in [-0.3, -0.25) is 14.5 Å². The van der Waals surface area contributed by atoms with Gasteiger partial charge in [0.1, 0.15) is 5.69 Å². The van der Waals surface area contributed by atoms with Crippen LogP contribution in [0.2, 0.25) is 0 Å². The molecule has 1 fully saturated rings. The smallest absolute Gasteiger partial charge is 0.270 e. The molecule has 1 N–H and O–H groups in total. The maximum Gasteiger partial charge on any atom is 0.270 e. The van der Waals surface area contributed by atoms with E-state index in [2.05, 4.69) is 33.0 Å². The van der Waals surface area contributed by atoms with Gasteiger partial charge in [-0.1, -0.05) is 48.5 Å². The molecular formula is C25H30N4O3. The molecule has 0 unspecified atom stereocenters. The summed E-state index contributed by atoms with van der Waals surface area (Å²) in [6.07, 6.45) is 0. The number of benzene rings is 2. The molecule has 0 aliphatic carbocycles. The average molecular weight is 435 g/mol. The van der Waals surface area contributed by atoms with Gasteiger partial charge in [-0.15, -0.1) is 0 Å². The summed E-state index contributed by atoms with van der Waals surface area (Å²) in [6.45, 7) is 4.60. The van der Waals surface area contributed by atoms with E-state index in [9.17, 15) is 9.59 Å². The fourth-order valence-electron chi connectivity index (χ4n) is 4.15. The number of piperazine rings is 1. The molecule has 4 rings (SSSR count). The number of carbonyl (C=O) groups excluding carboxylic acids is 2. The van der Waals surface area contributed by atoms with Crippen LogP contribution in [0.25, 0.3) is 10.9 Å². The van der Waals surface area contributed by atoms with Gasteiger partial charge in [-0.2, -0.15) is 0 Å². The van der Waals surface area contributed by atoms with Crippen LogP contribution in [0.15, 0.2) is 60.7 Å². The molecule has 32 heavy (non-hydrogen) atoms. The number of carbonyl (C=O) groups is 2. The van der Waals surface area contributed by atoms with Crippen LogP contribution in [0.5, 0.6) is 0 Å². The topological polar surface area (TPSA) is 66.8 Å². The molecule has 7 heteroatoms. The van der Waals surface area contributed by atoms with Gasteiger partial charge < -0.3 is 19.5 Å². The molecule has 2 aromatic carbocycles. The first-order valence-electron chi connectivity index (χ1n) is 11.0. The molecule has 0 saturated carbocycles. The highest BCUT2D eigenvalue weighted by Crippen LogP contribution is 2.23. The average Bonchev–Trinajstić information content (AvgIpc) is 3.18. The second kappa shape index (κ2) is 10.4. The lowest BCUT2D eigenvalue weighted by atomic mass is 10.2. The number of hydrogen-bond acceptors (Lipinski definition) is 4. The van der Waals surface area contributed by atoms with Crippen molar-refractivity contribution >= 4 is 22.7 Å². The highest BCUT2D eigenvalue weighted by molar-refractivity contribution is 5.99. The largest absolute Gasteiger partial charge is 0.383 e. The van der Waals surface area contributed by atoms with Gasteiger partial charge in [-0.25, -0.2) is 0 Å². The number of fused-ring (bicyclic) bond motifs is 1. The number of amides is 2. The van der Waals surface area contributed by atoms with Crippen LogP contribution >= 0.6 is 0 Å². The minimum Gasteiger partial charge on any atom is -0.383 e. The Morgan fingerprint density at radius 3 is 2.44 bits per heavy atom. The van der Waals surface area contributed by atoms with E-state index in [1.54, 1.807) is 7.11 Å². The SMILES string of the molecule is COCCNC(=O)CN1CCN(C(=O)c2cc3ccccc3n2Cc2ccccc2)CC1. The van der Waals surface area contributed by atoms with Crippen molar-refractivity contribution in [2.45, 2.75) is 6.54 Å². The van der Waals surface area contributed by atoms with Crippen LogP contribution in [0, 0.1) is 0 Å². The summed E-state index contributed by atoms with van der Waals surface area (Å²) in [5.74, 6) is 0.0335. The van der Waals surface area contributed by atoms with Crippen LogP contribution in [0.4, 0.5) is 0 Å². The zero-order valence-corrected chi connectivity index (χ0v) is 18.5. The van der Waals surface area contributed by atoms with Crippen LogP contribution < -0.4 is 5.32 Å². The normalized spacial score (nSPS) is 14.6. The minimum atomic E-state index is -0.00943. The number of aromatic nitrogens is 1. The van der Waals surface area contributed by atoms with E-state index in [1.165, 1.54) is 0 Å². The quantitative estimate of drug-likeness (QED) is 0.552. The maximum absolute atomic E-state index is 13.5. The monoisotopic (exact) mass is 434 g/mol. The van der Waals surface area contributed by atoms with Crippen molar-refractivity contribution in [2.75, 3.05) is 53.0 Å². The number of para-hydroxylation sites is 1. The van der Waals surface area contributed by atoms with Gasteiger partial charge in [0, 0.05) is 57.3 Å². The second-order valence-electron chi connectivity index (χ2n) is 8.07. The van der Waals surface area contributed by atoms with Gasteiger partial charge in [0.2, 0.25) is 5.91 Å². The van der Waals surface area contributed by atoms with E-state index in [0.29, 0.717) is 58.1 Å². The molecule has 2 amide bonds. The standard InChI is InChI=1S/C25H30N4O3/c1-32-16-11-26-24(30)19-27-12-14-28(15-13-27)25(31)23-17-21-9-5-6-10-22(21)29(23)18-20-7-3-2-4-8-20/h2-10,17H,11-16,18-19H2,1H3,(H,26,30). The lowest BCUT2D eigenvalue weighted by Gasteiger charge is -2.34. The molecular weight excluding hydrogens is 404 g/mol. The van der Waals surface area contributed by atoms with E-state index in [1.807, 2.05) is 47.4 Å². The van der Waals surface area contributed by atoms with Crippen LogP contribution in [0.1, 0.15) is 16.1 Å². The van der Waals surface area contributed by atoms with Crippen LogP contribution in [0.3, 0.4) is 0 Å². The molecule has 0 atom stereocenters. The predicted octanol–water partition coefficient (Wildman–Crippen LogP) is 2.21. The highest BCUT2D eigenvalue weighted by Gasteiger charge is 2.26. The molecule has 2 heterocycles. The highest BCUT2D eigenvalue weighted by atomic mass is 16.5. The molecule has 1 aromatic heterocycles. The number of nitrogens with zero attached hydrogens (tertiary/aromatic N) is 3. The van der Waals surface area contributed by atoms with Gasteiger partial charge in [0.15, 0.2) is 0 Å². The number of ether oxygens (including phenoxy) is 1. The van der Waals surface area contributed by atoms with E-state index in [4.69, 9.17) is 4.74 Å². The first-order chi connectivity index (χ1) is 15.7. The van der Waals surface area contributed by atoms with E-state index >= 15 is 0 Å². The Balaban J connectivity index is 1.44. The Bertz CT molecular complexity index is 1060. The predicted molar refractivity (Wildman–Crippen MR) is 125 cm³/mol. The first kappa shape index (κ1) is 22.0. The zero-order valence-electron chi connectivity index (χ0n) is 18.5. The van der Waals surface area contributed by atoms with E-state index < -0.39 is 0 Å². The van der Waals surface area contributed by atoms with Crippen molar-refractivity contribution < 1.29 is 14.3 Å². The van der Waals surface area contributed by atoms with Crippen molar-refractivity contribution in [2.24, 2.45) is 0 Å². The molecule has 0 radical (unpaired) electrons. The summed E-state index contributed by atoms with van der Waals surface area (Å²) in [5, 5.41) is 3.91. The zero-order chi connectivity index (χ0) is 22.3. The molecule has 0 spiro atoms. The third kappa shape index (κ3) is 5.18. The second-order valence-corrected chi connectivity index (χ2v) is 8.07. The van der Waals surface area contributed by atoms with Gasteiger partial charge in [0.05, 0.1) is 13.2 Å². The lowest BCUT2D eigenvalue weighted by Crippen LogP contribution is -2.51. The van der Waals surface area contributed by atoms with Crippen LogP contribution in [-0.4, -0.2) is 79.2 Å². The first-order valence-corrected chi connectivity index (χ1v) is 11.0. The number of hydrogen-bond donors (Lipinski definition) is 1. The fourth-order valence-corrected chi connectivity index (χ4v) is 4.15. The summed E-state index contributed by atoms with van der Waals surface area (Å²) >= 11 is 0. The van der Waals surface area contributed by atoms with Crippen molar-refractivity contribution in [1.82, 2.24) is 19.7 Å². The van der Waals surface area contributed by atoms with Crippen LogP contribution in [-0.2, 0) is 16.1 Å². The van der Waals surface area contributed by atoms with Crippen molar-refractivity contribution in [1.29, 1.82) is 0 Å². The molecule has 3 aromatic rings. The molecule has 168 valence electrons. The number of nitrogens with one attached hydrogen (secondary N) is 1. The molecule has 1 aliphatic rings. The van der Waals surface area contributed by atoms with E-state index in [-0.39, 0.29) is 11.8 Å². The summed E-state index contributed by atoms with van der Waals surface area (Å²) in [7, 11) is 1.61. The molecule has 1 aliphatic heterocycles. The van der Waals surface area contributed by atoms with Crippen molar-refractivity contribution in [3.63, 3.8) is 0 Å². The molecule has 1 saturated heterocycles.